The molecule has 2 unspecified atom stereocenters. The predicted octanol–water partition coefficient (Wildman–Crippen LogP) is 4.19. The van der Waals surface area contributed by atoms with Crippen molar-refractivity contribution in [3.05, 3.63) is 84.3 Å². The Morgan fingerprint density at radius 2 is 1.86 bits per heavy atom. The minimum atomic E-state index is -4.65. The maximum Gasteiger partial charge on any atom is 0.418 e. The molecule has 10 nitrogen and oxygen atoms in total. The van der Waals surface area contributed by atoms with E-state index in [0.717, 1.165) is 47.2 Å². The number of alkyl halides is 3. The molecule has 0 aromatic carbocycles. The molecule has 1 N–H and O–H groups in total. The van der Waals surface area contributed by atoms with E-state index < -0.39 is 23.3 Å². The summed E-state index contributed by atoms with van der Waals surface area (Å²) in [5.74, 6) is 0.857. The minimum Gasteiger partial charge on any atom is -0.356 e. The second kappa shape index (κ2) is 9.94. The standard InChI is InChI=1S/C30H24F3N9O/c1-40-13-20(11-38-40)18-7-21(28-19(8-34)10-39-42(28)14-18)17-4-5-26(36-9-17)41-15-23-22(24(23)16-41)12-37-29(43)27-25(30(31,32)33)3-2-6-35-27/h2-7,9-11,13-14,22-24H,12,15-16H2,1H3,(H,37,43). The molecular formula is C30H24F3N9O. The molecule has 1 saturated carbocycles. The van der Waals surface area contributed by atoms with Crippen molar-refractivity contribution < 1.29 is 18.0 Å². The second-order valence-electron chi connectivity index (χ2n) is 10.9. The average molecular weight is 584 g/mol. The van der Waals surface area contributed by atoms with Crippen molar-refractivity contribution in [1.82, 2.24) is 34.7 Å². The maximum absolute atomic E-state index is 13.3. The van der Waals surface area contributed by atoms with Crippen LogP contribution in [0.25, 0.3) is 27.8 Å². The molecule has 1 aliphatic heterocycles. The van der Waals surface area contributed by atoms with E-state index in [1.165, 1.54) is 12.3 Å². The van der Waals surface area contributed by atoms with Crippen molar-refractivity contribution in [2.75, 3.05) is 24.5 Å². The zero-order valence-electron chi connectivity index (χ0n) is 22.8. The number of nitrogens with zero attached hydrogens (tertiary/aromatic N) is 8. The fourth-order valence-electron chi connectivity index (χ4n) is 6.13. The van der Waals surface area contributed by atoms with Crippen molar-refractivity contribution >= 4 is 17.2 Å². The number of piperidine rings is 1. The molecule has 6 heterocycles. The fourth-order valence-corrected chi connectivity index (χ4v) is 6.13. The first kappa shape index (κ1) is 26.6. The lowest BCUT2D eigenvalue weighted by Gasteiger charge is -2.21. The molecule has 0 spiro atoms. The summed E-state index contributed by atoms with van der Waals surface area (Å²) in [6, 6.07) is 10.2. The van der Waals surface area contributed by atoms with Gasteiger partial charge in [-0.3, -0.25) is 14.5 Å². The van der Waals surface area contributed by atoms with E-state index >= 15 is 0 Å². The highest BCUT2D eigenvalue weighted by Crippen LogP contribution is 2.52. The lowest BCUT2D eigenvalue weighted by molar-refractivity contribution is -0.138. The Morgan fingerprint density at radius 1 is 1.05 bits per heavy atom. The highest BCUT2D eigenvalue weighted by atomic mass is 19.4. The lowest BCUT2D eigenvalue weighted by atomic mass is 10.0. The van der Waals surface area contributed by atoms with Gasteiger partial charge in [0.25, 0.3) is 5.91 Å². The monoisotopic (exact) mass is 583 g/mol. The summed E-state index contributed by atoms with van der Waals surface area (Å²) in [5.41, 5.74) is 3.02. The number of halogens is 3. The van der Waals surface area contributed by atoms with Crippen molar-refractivity contribution in [2.24, 2.45) is 24.8 Å². The summed E-state index contributed by atoms with van der Waals surface area (Å²) in [6.07, 6.45) is 5.44. The third-order valence-corrected chi connectivity index (χ3v) is 8.35. The molecule has 1 aliphatic carbocycles. The first-order valence-electron chi connectivity index (χ1n) is 13.6. The van der Waals surface area contributed by atoms with Gasteiger partial charge in [-0.1, -0.05) is 0 Å². The number of hydrogen-bond donors (Lipinski definition) is 1. The smallest absolute Gasteiger partial charge is 0.356 e. The van der Waals surface area contributed by atoms with Crippen LogP contribution in [0.3, 0.4) is 0 Å². The van der Waals surface area contributed by atoms with Gasteiger partial charge in [-0.15, -0.1) is 0 Å². The third-order valence-electron chi connectivity index (χ3n) is 8.35. The van der Waals surface area contributed by atoms with Crippen LogP contribution in [-0.2, 0) is 13.2 Å². The number of carbonyl (C=O) groups is 1. The van der Waals surface area contributed by atoms with Crippen LogP contribution in [0.2, 0.25) is 0 Å². The van der Waals surface area contributed by atoms with Gasteiger partial charge in [0.1, 0.15) is 17.6 Å². The lowest BCUT2D eigenvalue weighted by Crippen LogP contribution is -2.32. The van der Waals surface area contributed by atoms with Crippen LogP contribution in [-0.4, -0.2) is 54.9 Å². The van der Waals surface area contributed by atoms with E-state index in [0.29, 0.717) is 29.5 Å². The van der Waals surface area contributed by atoms with Crippen LogP contribution in [0.4, 0.5) is 19.0 Å². The predicted molar refractivity (Wildman–Crippen MR) is 150 cm³/mol. The number of hydrogen-bond acceptors (Lipinski definition) is 7. The van der Waals surface area contributed by atoms with E-state index in [1.54, 1.807) is 27.8 Å². The first-order valence-corrected chi connectivity index (χ1v) is 13.6. The van der Waals surface area contributed by atoms with Crippen LogP contribution >= 0.6 is 0 Å². The molecule has 1 saturated heterocycles. The Morgan fingerprint density at radius 3 is 2.53 bits per heavy atom. The van der Waals surface area contributed by atoms with E-state index in [1.807, 2.05) is 37.6 Å². The van der Waals surface area contributed by atoms with Gasteiger partial charge in [0, 0.05) is 73.7 Å². The number of nitriles is 1. The molecule has 43 heavy (non-hydrogen) atoms. The molecule has 216 valence electrons. The molecule has 1 amide bonds. The Kier molecular flexibility index (Phi) is 6.16. The molecule has 0 radical (unpaired) electrons. The number of pyridine rings is 3. The van der Waals surface area contributed by atoms with Gasteiger partial charge < -0.3 is 10.2 Å². The van der Waals surface area contributed by atoms with E-state index in [9.17, 15) is 23.2 Å². The largest absolute Gasteiger partial charge is 0.418 e. The molecule has 7 rings (SSSR count). The van der Waals surface area contributed by atoms with E-state index in [4.69, 9.17) is 4.98 Å². The number of carbonyl (C=O) groups excluding carboxylic acids is 1. The summed E-state index contributed by atoms with van der Waals surface area (Å²) in [5, 5.41) is 21.0. The first-order chi connectivity index (χ1) is 20.7. The molecule has 2 aliphatic rings. The highest BCUT2D eigenvalue weighted by molar-refractivity contribution is 5.94. The number of aromatic nitrogens is 6. The van der Waals surface area contributed by atoms with Gasteiger partial charge in [0.05, 0.1) is 29.0 Å². The quantitative estimate of drug-likeness (QED) is 0.319. The van der Waals surface area contributed by atoms with Gasteiger partial charge in [0.2, 0.25) is 0 Å². The second-order valence-corrected chi connectivity index (χ2v) is 10.9. The van der Waals surface area contributed by atoms with Gasteiger partial charge in [-0.25, -0.2) is 9.50 Å². The number of fused-ring (bicyclic) bond motifs is 2. The average Bonchev–Trinajstić information content (AvgIpc) is 3.44. The molecule has 5 aromatic heterocycles. The zero-order chi connectivity index (χ0) is 29.9. The number of aryl methyl sites for hydroxylation is 1. The summed E-state index contributed by atoms with van der Waals surface area (Å²) in [4.78, 5) is 23.1. The Balaban J connectivity index is 1.04. The van der Waals surface area contributed by atoms with Gasteiger partial charge in [-0.2, -0.15) is 28.6 Å². The van der Waals surface area contributed by atoms with Gasteiger partial charge >= 0.3 is 6.18 Å². The van der Waals surface area contributed by atoms with Gasteiger partial charge in [-0.05, 0) is 48.1 Å². The third kappa shape index (κ3) is 4.74. The van der Waals surface area contributed by atoms with Crippen molar-refractivity contribution in [3.8, 4) is 28.3 Å². The number of anilines is 1. The van der Waals surface area contributed by atoms with Crippen molar-refractivity contribution in [1.29, 1.82) is 5.26 Å². The fraction of sp³-hybridized carbons (Fsp3) is 0.267. The summed E-state index contributed by atoms with van der Waals surface area (Å²) in [7, 11) is 1.85. The Bertz CT molecular complexity index is 1890. The van der Waals surface area contributed by atoms with Crippen LogP contribution in [0, 0.1) is 29.1 Å². The minimum absolute atomic E-state index is 0.201. The maximum atomic E-state index is 13.3. The Hall–Kier alpha value is -5.25. The summed E-state index contributed by atoms with van der Waals surface area (Å²) < 4.78 is 43.2. The number of rotatable bonds is 6. The van der Waals surface area contributed by atoms with E-state index in [-0.39, 0.29) is 5.92 Å². The summed E-state index contributed by atoms with van der Waals surface area (Å²) in [6.45, 7) is 1.80. The molecule has 0 bridgehead atoms. The van der Waals surface area contributed by atoms with Gasteiger partial charge in [0.15, 0.2) is 0 Å². The molecule has 5 aromatic rings. The normalized spacial score (nSPS) is 19.3. The van der Waals surface area contributed by atoms with Crippen LogP contribution < -0.4 is 10.2 Å². The molecular weight excluding hydrogens is 559 g/mol. The van der Waals surface area contributed by atoms with E-state index in [2.05, 4.69) is 31.5 Å². The molecule has 2 fully saturated rings. The van der Waals surface area contributed by atoms with Crippen molar-refractivity contribution in [3.63, 3.8) is 0 Å². The van der Waals surface area contributed by atoms with Crippen LogP contribution in [0.5, 0.6) is 0 Å². The number of nitrogens with one attached hydrogen (secondary N) is 1. The van der Waals surface area contributed by atoms with Crippen LogP contribution in [0.15, 0.2) is 67.5 Å². The number of amides is 1. The summed E-state index contributed by atoms with van der Waals surface area (Å²) >= 11 is 0. The van der Waals surface area contributed by atoms with Crippen molar-refractivity contribution in [2.45, 2.75) is 6.18 Å². The SMILES string of the molecule is Cn1cc(-c2cc(-c3ccc(N4CC5C(CNC(=O)c6ncccc6C(F)(F)F)C5C4)nc3)c3c(C#N)cnn3c2)cn1. The molecule has 13 heteroatoms. The zero-order valence-corrected chi connectivity index (χ0v) is 22.8. The highest BCUT2D eigenvalue weighted by Gasteiger charge is 2.55. The van der Waals surface area contributed by atoms with Crippen LogP contribution in [0.1, 0.15) is 21.6 Å². The molecule has 2 atom stereocenters. The Labute approximate surface area is 243 Å². The topological polar surface area (TPSA) is 117 Å².